The molecule has 1 heterocycles. The summed E-state index contributed by atoms with van der Waals surface area (Å²) in [5, 5.41) is 2.90. The predicted molar refractivity (Wildman–Crippen MR) is 87.8 cm³/mol. The van der Waals surface area contributed by atoms with Crippen LogP contribution in [0, 0.1) is 0 Å². The van der Waals surface area contributed by atoms with Crippen LogP contribution in [-0.4, -0.2) is 33.2 Å². The Balaban J connectivity index is 2.75. The molecule has 21 heavy (non-hydrogen) atoms. The Hall–Kier alpha value is -1.43. The van der Waals surface area contributed by atoms with Crippen LogP contribution in [0.3, 0.4) is 0 Å². The zero-order valence-electron chi connectivity index (χ0n) is 13.4. The summed E-state index contributed by atoms with van der Waals surface area (Å²) in [6, 6.07) is 3.35. The molecule has 5 nitrogen and oxygen atoms in total. The topological polar surface area (TPSA) is 85.1 Å². The SMILES string of the molecule is CC(CCNC(=O)c1cc(N)nc(C(C)(C)C)c1)S(C)=O. The third-order valence-electron chi connectivity index (χ3n) is 3.28. The zero-order chi connectivity index (χ0) is 16.2. The number of carbonyl (C=O) groups is 1. The molecule has 2 atom stereocenters. The molecule has 3 N–H and O–H groups in total. The second-order valence-electron chi connectivity index (χ2n) is 6.27. The highest BCUT2D eigenvalue weighted by molar-refractivity contribution is 7.84. The third kappa shape index (κ3) is 5.46. The third-order valence-corrected chi connectivity index (χ3v) is 4.65. The summed E-state index contributed by atoms with van der Waals surface area (Å²) in [6.07, 6.45) is 2.35. The fourth-order valence-electron chi connectivity index (χ4n) is 1.72. The van der Waals surface area contributed by atoms with Crippen molar-refractivity contribution in [3.05, 3.63) is 23.4 Å². The highest BCUT2D eigenvalue weighted by Crippen LogP contribution is 2.22. The van der Waals surface area contributed by atoms with E-state index in [4.69, 9.17) is 5.73 Å². The second kappa shape index (κ2) is 7.02. The van der Waals surface area contributed by atoms with E-state index in [1.54, 1.807) is 18.4 Å². The van der Waals surface area contributed by atoms with Crippen LogP contribution in [0.4, 0.5) is 5.82 Å². The summed E-state index contributed by atoms with van der Waals surface area (Å²) < 4.78 is 11.3. The maximum atomic E-state index is 12.2. The number of amides is 1. The number of nitrogens with zero attached hydrogens (tertiary/aromatic N) is 1. The average molecular weight is 311 g/mol. The van der Waals surface area contributed by atoms with Crippen molar-refractivity contribution in [1.29, 1.82) is 0 Å². The van der Waals surface area contributed by atoms with E-state index in [-0.39, 0.29) is 16.6 Å². The first kappa shape index (κ1) is 17.6. The Kier molecular flexibility index (Phi) is 5.89. The van der Waals surface area contributed by atoms with E-state index >= 15 is 0 Å². The number of carbonyl (C=O) groups excluding carboxylic acids is 1. The molecule has 0 aliphatic heterocycles. The predicted octanol–water partition coefficient (Wildman–Crippen LogP) is 1.85. The summed E-state index contributed by atoms with van der Waals surface area (Å²) in [5.41, 5.74) is 6.91. The monoisotopic (exact) mass is 311 g/mol. The highest BCUT2D eigenvalue weighted by atomic mass is 32.2. The minimum Gasteiger partial charge on any atom is -0.384 e. The maximum Gasteiger partial charge on any atom is 0.251 e. The van der Waals surface area contributed by atoms with E-state index in [2.05, 4.69) is 10.3 Å². The molecule has 0 aliphatic carbocycles. The smallest absolute Gasteiger partial charge is 0.251 e. The summed E-state index contributed by atoms with van der Waals surface area (Å²) in [7, 11) is -0.870. The largest absolute Gasteiger partial charge is 0.384 e. The van der Waals surface area contributed by atoms with Gasteiger partial charge in [0.25, 0.3) is 5.91 Å². The lowest BCUT2D eigenvalue weighted by Crippen LogP contribution is -2.28. The number of rotatable bonds is 5. The van der Waals surface area contributed by atoms with E-state index < -0.39 is 10.8 Å². The van der Waals surface area contributed by atoms with Crippen molar-refractivity contribution in [3.8, 4) is 0 Å². The van der Waals surface area contributed by atoms with Gasteiger partial charge in [0.15, 0.2) is 0 Å². The second-order valence-corrected chi connectivity index (χ2v) is 8.07. The first-order valence-electron chi connectivity index (χ1n) is 6.99. The normalized spacial score (nSPS) is 14.5. The van der Waals surface area contributed by atoms with Gasteiger partial charge in [0.1, 0.15) is 5.82 Å². The fraction of sp³-hybridized carbons (Fsp3) is 0.600. The van der Waals surface area contributed by atoms with Crippen LogP contribution < -0.4 is 11.1 Å². The Morgan fingerprint density at radius 3 is 2.57 bits per heavy atom. The van der Waals surface area contributed by atoms with Gasteiger partial charge in [0, 0.05) is 45.5 Å². The number of hydrogen-bond acceptors (Lipinski definition) is 4. The molecule has 118 valence electrons. The Morgan fingerprint density at radius 2 is 2.05 bits per heavy atom. The quantitative estimate of drug-likeness (QED) is 0.869. The summed E-state index contributed by atoms with van der Waals surface area (Å²) in [4.78, 5) is 16.4. The molecule has 6 heteroatoms. The number of aromatic nitrogens is 1. The van der Waals surface area contributed by atoms with Crippen molar-refractivity contribution < 1.29 is 9.00 Å². The molecule has 1 aromatic heterocycles. The number of pyridine rings is 1. The van der Waals surface area contributed by atoms with Gasteiger partial charge in [0.05, 0.1) is 0 Å². The van der Waals surface area contributed by atoms with Gasteiger partial charge in [-0.1, -0.05) is 27.7 Å². The van der Waals surface area contributed by atoms with Crippen molar-refractivity contribution in [2.75, 3.05) is 18.5 Å². The van der Waals surface area contributed by atoms with Gasteiger partial charge >= 0.3 is 0 Å². The standard InChI is InChI=1S/C15H25N3O2S/c1-10(21(5)20)6-7-17-14(19)11-8-12(15(2,3)4)18-13(16)9-11/h8-10H,6-7H2,1-5H3,(H2,16,18)(H,17,19). The molecule has 1 amide bonds. The van der Waals surface area contributed by atoms with E-state index in [0.717, 1.165) is 5.69 Å². The Labute approximate surface area is 129 Å². The van der Waals surface area contributed by atoms with Crippen molar-refractivity contribution in [1.82, 2.24) is 10.3 Å². The number of hydrogen-bond donors (Lipinski definition) is 2. The number of nitrogens with two attached hydrogens (primary N) is 1. The van der Waals surface area contributed by atoms with Crippen LogP contribution in [0.15, 0.2) is 12.1 Å². The molecular formula is C15H25N3O2S. The van der Waals surface area contributed by atoms with Crippen LogP contribution in [0.1, 0.15) is 50.2 Å². The van der Waals surface area contributed by atoms with Crippen LogP contribution in [0.5, 0.6) is 0 Å². The molecule has 1 aromatic rings. The van der Waals surface area contributed by atoms with Crippen molar-refractivity contribution in [2.24, 2.45) is 0 Å². The van der Waals surface area contributed by atoms with Crippen molar-refractivity contribution in [2.45, 2.75) is 44.8 Å². The zero-order valence-corrected chi connectivity index (χ0v) is 14.2. The highest BCUT2D eigenvalue weighted by Gasteiger charge is 2.18. The van der Waals surface area contributed by atoms with Gasteiger partial charge in [-0.25, -0.2) is 4.98 Å². The first-order chi connectivity index (χ1) is 9.61. The van der Waals surface area contributed by atoms with Crippen molar-refractivity contribution >= 4 is 22.5 Å². The molecule has 1 rings (SSSR count). The summed E-state index contributed by atoms with van der Waals surface area (Å²) >= 11 is 0. The average Bonchev–Trinajstić information content (AvgIpc) is 2.36. The molecule has 0 radical (unpaired) electrons. The van der Waals surface area contributed by atoms with Gasteiger partial charge in [-0.3, -0.25) is 9.00 Å². The van der Waals surface area contributed by atoms with Crippen molar-refractivity contribution in [3.63, 3.8) is 0 Å². The Bertz CT molecular complexity index is 538. The minimum atomic E-state index is -0.870. The van der Waals surface area contributed by atoms with E-state index in [1.165, 1.54) is 0 Å². The lowest BCUT2D eigenvalue weighted by atomic mass is 9.90. The van der Waals surface area contributed by atoms with Crippen LogP contribution >= 0.6 is 0 Å². The lowest BCUT2D eigenvalue weighted by Gasteiger charge is -2.19. The summed E-state index contributed by atoms with van der Waals surface area (Å²) in [6.45, 7) is 8.47. The molecule has 0 aromatic carbocycles. The molecule has 0 bridgehead atoms. The molecule has 0 saturated heterocycles. The van der Waals surface area contributed by atoms with E-state index in [0.29, 0.717) is 24.3 Å². The number of anilines is 1. The number of nitrogens with one attached hydrogen (secondary N) is 1. The van der Waals surface area contributed by atoms with Gasteiger partial charge < -0.3 is 11.1 Å². The molecule has 0 fully saturated rings. The molecule has 0 saturated carbocycles. The first-order valence-corrected chi connectivity index (χ1v) is 8.62. The van der Waals surface area contributed by atoms with Gasteiger partial charge in [-0.15, -0.1) is 0 Å². The van der Waals surface area contributed by atoms with Crippen LogP contribution in [0.2, 0.25) is 0 Å². The van der Waals surface area contributed by atoms with E-state index in [9.17, 15) is 9.00 Å². The van der Waals surface area contributed by atoms with Gasteiger partial charge in [0.2, 0.25) is 0 Å². The lowest BCUT2D eigenvalue weighted by molar-refractivity contribution is 0.0953. The van der Waals surface area contributed by atoms with E-state index in [1.807, 2.05) is 27.7 Å². The fourth-order valence-corrected chi connectivity index (χ4v) is 2.17. The number of nitrogen functional groups attached to an aromatic ring is 1. The summed E-state index contributed by atoms with van der Waals surface area (Å²) in [5.74, 6) is 0.166. The molecule has 0 aliphatic rings. The maximum absolute atomic E-state index is 12.2. The van der Waals surface area contributed by atoms with Gasteiger partial charge in [-0.2, -0.15) is 0 Å². The van der Waals surface area contributed by atoms with Gasteiger partial charge in [-0.05, 0) is 18.6 Å². The molecule has 0 spiro atoms. The molecular weight excluding hydrogens is 286 g/mol. The molecule has 2 unspecified atom stereocenters. The van der Waals surface area contributed by atoms with Crippen LogP contribution in [-0.2, 0) is 16.2 Å². The minimum absolute atomic E-state index is 0.0675. The van der Waals surface area contributed by atoms with Crippen LogP contribution in [0.25, 0.3) is 0 Å². The Morgan fingerprint density at radius 1 is 1.43 bits per heavy atom.